The minimum absolute atomic E-state index is 0.109. The number of halogens is 1. The third kappa shape index (κ3) is 1.98. The van der Waals surface area contributed by atoms with Gasteiger partial charge in [0.15, 0.2) is 0 Å². The zero-order valence-electron chi connectivity index (χ0n) is 11.2. The molecule has 2 aromatic rings. The number of aryl methyl sites for hydroxylation is 1. The summed E-state index contributed by atoms with van der Waals surface area (Å²) in [5.41, 5.74) is 8.08. The number of fused-ring (bicyclic) bond motifs is 1. The van der Waals surface area contributed by atoms with E-state index in [9.17, 15) is 4.39 Å². The number of benzene rings is 1. The van der Waals surface area contributed by atoms with E-state index in [1.54, 1.807) is 13.0 Å². The number of nitrogens with two attached hydrogens (primary N) is 1. The van der Waals surface area contributed by atoms with Gasteiger partial charge in [-0.15, -0.1) is 0 Å². The van der Waals surface area contributed by atoms with Crippen LogP contribution in [0, 0.1) is 12.7 Å². The summed E-state index contributed by atoms with van der Waals surface area (Å²) < 4.78 is 21.3. The number of nitrogens with zero attached hydrogens (tertiary/aromatic N) is 2. The van der Waals surface area contributed by atoms with E-state index >= 15 is 0 Å². The normalized spacial score (nSPS) is 21.1. The predicted molar refractivity (Wildman–Crippen MR) is 72.5 cm³/mol. The lowest BCUT2D eigenvalue weighted by Crippen LogP contribution is -2.22. The average molecular weight is 263 g/mol. The van der Waals surface area contributed by atoms with Crippen molar-refractivity contribution >= 4 is 17.0 Å². The maximum Gasteiger partial charge on any atom is 0.201 e. The van der Waals surface area contributed by atoms with Gasteiger partial charge in [-0.25, -0.2) is 9.37 Å². The molecule has 102 valence electrons. The number of hydrogen-bond acceptors (Lipinski definition) is 3. The fraction of sp³-hybridized carbons (Fsp3) is 0.500. The molecular formula is C14H18FN3O. The van der Waals surface area contributed by atoms with Gasteiger partial charge in [-0.05, 0) is 38.3 Å². The number of ether oxygens (including phenoxy) is 1. The Kier molecular flexibility index (Phi) is 2.93. The number of anilines is 1. The van der Waals surface area contributed by atoms with Crippen molar-refractivity contribution in [3.63, 3.8) is 0 Å². The number of nitrogen functional groups attached to an aromatic ring is 1. The van der Waals surface area contributed by atoms with E-state index in [4.69, 9.17) is 10.5 Å². The van der Waals surface area contributed by atoms with Crippen LogP contribution in [0.15, 0.2) is 12.1 Å². The highest BCUT2D eigenvalue weighted by atomic mass is 19.1. The maximum atomic E-state index is 13.6. The summed E-state index contributed by atoms with van der Waals surface area (Å²) in [7, 11) is 0. The van der Waals surface area contributed by atoms with Crippen molar-refractivity contribution in [2.45, 2.75) is 38.8 Å². The SMILES string of the molecule is Cc1cc2c(cc1F)nc(N)n2C(C)C1CCCO1. The van der Waals surface area contributed by atoms with E-state index in [2.05, 4.69) is 11.9 Å². The molecule has 1 fully saturated rings. The number of imidazole rings is 1. The fourth-order valence-corrected chi connectivity index (χ4v) is 2.82. The first-order valence-electron chi connectivity index (χ1n) is 6.63. The lowest BCUT2D eigenvalue weighted by Gasteiger charge is -2.22. The van der Waals surface area contributed by atoms with Gasteiger partial charge < -0.3 is 15.0 Å². The van der Waals surface area contributed by atoms with Crippen LogP contribution in [0.25, 0.3) is 11.0 Å². The zero-order chi connectivity index (χ0) is 13.6. The molecule has 2 heterocycles. The summed E-state index contributed by atoms with van der Waals surface area (Å²) in [5, 5.41) is 0. The maximum absolute atomic E-state index is 13.6. The van der Waals surface area contributed by atoms with E-state index in [0.29, 0.717) is 17.0 Å². The smallest absolute Gasteiger partial charge is 0.201 e. The van der Waals surface area contributed by atoms with E-state index in [1.165, 1.54) is 6.07 Å². The highest BCUT2D eigenvalue weighted by Crippen LogP contribution is 2.31. The van der Waals surface area contributed by atoms with Crippen molar-refractivity contribution in [2.75, 3.05) is 12.3 Å². The highest BCUT2D eigenvalue weighted by molar-refractivity contribution is 5.79. The van der Waals surface area contributed by atoms with Crippen LogP contribution >= 0.6 is 0 Å². The summed E-state index contributed by atoms with van der Waals surface area (Å²) in [6.45, 7) is 4.63. The van der Waals surface area contributed by atoms with Crippen LogP contribution in [-0.4, -0.2) is 22.3 Å². The molecule has 5 heteroatoms. The van der Waals surface area contributed by atoms with E-state index in [0.717, 1.165) is 25.0 Å². The Balaban J connectivity index is 2.11. The molecular weight excluding hydrogens is 245 g/mol. The molecule has 0 saturated carbocycles. The molecule has 1 aliphatic rings. The Morgan fingerprint density at radius 1 is 1.53 bits per heavy atom. The molecule has 0 aliphatic carbocycles. The Labute approximate surface area is 111 Å². The lowest BCUT2D eigenvalue weighted by molar-refractivity contribution is 0.0751. The van der Waals surface area contributed by atoms with Crippen molar-refractivity contribution in [3.8, 4) is 0 Å². The van der Waals surface area contributed by atoms with E-state index < -0.39 is 0 Å². The summed E-state index contributed by atoms with van der Waals surface area (Å²) >= 11 is 0. The standard InChI is InChI=1S/C14H18FN3O/c1-8-6-12-11(7-10(8)15)17-14(16)18(12)9(2)13-4-3-5-19-13/h6-7,9,13H,3-5H2,1-2H3,(H2,16,17). The van der Waals surface area contributed by atoms with Crippen molar-refractivity contribution in [1.29, 1.82) is 0 Å². The van der Waals surface area contributed by atoms with Gasteiger partial charge in [0.25, 0.3) is 0 Å². The topological polar surface area (TPSA) is 53.1 Å². The van der Waals surface area contributed by atoms with E-state index in [-0.39, 0.29) is 18.0 Å². The predicted octanol–water partition coefficient (Wildman–Crippen LogP) is 2.81. The Morgan fingerprint density at radius 2 is 2.32 bits per heavy atom. The van der Waals surface area contributed by atoms with Crippen molar-refractivity contribution in [3.05, 3.63) is 23.5 Å². The van der Waals surface area contributed by atoms with Gasteiger partial charge in [0.1, 0.15) is 5.82 Å². The molecule has 2 atom stereocenters. The molecule has 0 bridgehead atoms. The Hall–Kier alpha value is -1.62. The fourth-order valence-electron chi connectivity index (χ4n) is 2.82. The van der Waals surface area contributed by atoms with Gasteiger partial charge in [-0.1, -0.05) is 0 Å². The number of rotatable bonds is 2. The van der Waals surface area contributed by atoms with Crippen LogP contribution in [0.2, 0.25) is 0 Å². The average Bonchev–Trinajstić information content (AvgIpc) is 2.97. The second-order valence-electron chi connectivity index (χ2n) is 5.22. The first kappa shape index (κ1) is 12.4. The molecule has 1 aliphatic heterocycles. The van der Waals surface area contributed by atoms with Crippen molar-refractivity contribution in [1.82, 2.24) is 9.55 Å². The summed E-state index contributed by atoms with van der Waals surface area (Å²) in [4.78, 5) is 4.25. The lowest BCUT2D eigenvalue weighted by atomic mass is 10.1. The van der Waals surface area contributed by atoms with Crippen molar-refractivity contribution < 1.29 is 9.13 Å². The largest absolute Gasteiger partial charge is 0.376 e. The molecule has 0 amide bonds. The molecule has 3 rings (SSSR count). The van der Waals surface area contributed by atoms with Gasteiger partial charge in [0.2, 0.25) is 5.95 Å². The molecule has 4 nitrogen and oxygen atoms in total. The van der Waals surface area contributed by atoms with Gasteiger partial charge >= 0.3 is 0 Å². The molecule has 19 heavy (non-hydrogen) atoms. The van der Waals surface area contributed by atoms with Crippen LogP contribution < -0.4 is 5.73 Å². The quantitative estimate of drug-likeness (QED) is 0.906. The number of aromatic nitrogens is 2. The second kappa shape index (κ2) is 4.49. The molecule has 0 radical (unpaired) electrons. The first-order chi connectivity index (χ1) is 9.08. The van der Waals surface area contributed by atoms with Gasteiger partial charge in [-0.2, -0.15) is 0 Å². The first-order valence-corrected chi connectivity index (χ1v) is 6.63. The molecule has 0 spiro atoms. The van der Waals surface area contributed by atoms with Gasteiger partial charge in [-0.3, -0.25) is 0 Å². The number of hydrogen-bond donors (Lipinski definition) is 1. The molecule has 1 saturated heterocycles. The minimum atomic E-state index is -0.248. The third-order valence-electron chi connectivity index (χ3n) is 3.91. The monoisotopic (exact) mass is 263 g/mol. The molecule has 2 unspecified atom stereocenters. The highest BCUT2D eigenvalue weighted by Gasteiger charge is 2.26. The molecule has 1 aromatic heterocycles. The summed E-state index contributed by atoms with van der Waals surface area (Å²) in [6, 6.07) is 3.36. The zero-order valence-corrected chi connectivity index (χ0v) is 11.2. The Morgan fingerprint density at radius 3 is 3.00 bits per heavy atom. The van der Waals surface area contributed by atoms with Gasteiger partial charge in [0.05, 0.1) is 23.2 Å². The molecule has 2 N–H and O–H groups in total. The van der Waals surface area contributed by atoms with Crippen LogP contribution in [-0.2, 0) is 4.74 Å². The molecule has 1 aromatic carbocycles. The minimum Gasteiger partial charge on any atom is -0.376 e. The van der Waals surface area contributed by atoms with E-state index in [1.807, 2.05) is 4.57 Å². The summed E-state index contributed by atoms with van der Waals surface area (Å²) in [5.74, 6) is 0.171. The van der Waals surface area contributed by atoms with Crippen LogP contribution in [0.1, 0.15) is 31.4 Å². The summed E-state index contributed by atoms with van der Waals surface area (Å²) in [6.07, 6.45) is 2.26. The second-order valence-corrected chi connectivity index (χ2v) is 5.22. The Bertz CT molecular complexity index is 617. The van der Waals surface area contributed by atoms with Crippen LogP contribution in [0.4, 0.5) is 10.3 Å². The van der Waals surface area contributed by atoms with Gasteiger partial charge in [0, 0.05) is 12.7 Å². The van der Waals surface area contributed by atoms with Crippen molar-refractivity contribution in [2.24, 2.45) is 0 Å². The van der Waals surface area contributed by atoms with Crippen LogP contribution in [0.3, 0.4) is 0 Å². The van der Waals surface area contributed by atoms with Crippen LogP contribution in [0.5, 0.6) is 0 Å². The third-order valence-corrected chi connectivity index (χ3v) is 3.91.